The van der Waals surface area contributed by atoms with E-state index in [1.165, 1.54) is 12.1 Å². The number of sulfonamides is 1. The van der Waals surface area contributed by atoms with E-state index in [1.807, 2.05) is 32.0 Å². The van der Waals surface area contributed by atoms with Crippen LogP contribution >= 0.6 is 0 Å². The highest BCUT2D eigenvalue weighted by Gasteiger charge is 2.16. The second-order valence-corrected chi connectivity index (χ2v) is 8.55. The zero-order valence-corrected chi connectivity index (χ0v) is 17.5. The van der Waals surface area contributed by atoms with Crippen molar-refractivity contribution >= 4 is 27.3 Å². The third kappa shape index (κ3) is 4.66. The third-order valence-electron chi connectivity index (χ3n) is 4.76. The van der Waals surface area contributed by atoms with E-state index in [2.05, 4.69) is 10.0 Å². The number of rotatable bonds is 6. The molecule has 3 aromatic rings. The second kappa shape index (κ2) is 8.49. The lowest BCUT2D eigenvalue weighted by Gasteiger charge is -2.14. The lowest BCUT2D eigenvalue weighted by molar-refractivity contribution is 0.102. The van der Waals surface area contributed by atoms with Crippen LogP contribution in [0.5, 0.6) is 0 Å². The molecule has 5 nitrogen and oxygen atoms in total. The molecule has 0 saturated carbocycles. The fourth-order valence-electron chi connectivity index (χ4n) is 3.11. The zero-order chi connectivity index (χ0) is 21.0. The molecule has 0 radical (unpaired) electrons. The van der Waals surface area contributed by atoms with Crippen LogP contribution in [0.25, 0.3) is 0 Å². The molecule has 0 unspecified atom stereocenters. The summed E-state index contributed by atoms with van der Waals surface area (Å²) in [7, 11) is -3.68. The SMILES string of the molecule is CCc1cccc(C)c1NC(=O)c1ccc(NS(=O)(=O)c2ccccc2)c(C)c1. The highest BCUT2D eigenvalue weighted by Crippen LogP contribution is 2.24. The number of nitrogens with one attached hydrogen (secondary N) is 2. The van der Waals surface area contributed by atoms with Crippen molar-refractivity contribution in [2.75, 3.05) is 10.0 Å². The van der Waals surface area contributed by atoms with Crippen molar-refractivity contribution in [2.24, 2.45) is 0 Å². The summed E-state index contributed by atoms with van der Waals surface area (Å²) in [5.41, 5.74) is 4.47. The summed E-state index contributed by atoms with van der Waals surface area (Å²) in [6.07, 6.45) is 0.816. The van der Waals surface area contributed by atoms with Crippen molar-refractivity contribution in [1.82, 2.24) is 0 Å². The molecule has 0 aliphatic carbocycles. The van der Waals surface area contributed by atoms with Crippen molar-refractivity contribution in [2.45, 2.75) is 32.1 Å². The molecule has 3 rings (SSSR count). The molecular weight excluding hydrogens is 384 g/mol. The highest BCUT2D eigenvalue weighted by atomic mass is 32.2. The van der Waals surface area contributed by atoms with E-state index < -0.39 is 10.0 Å². The Kier molecular flexibility index (Phi) is 6.03. The van der Waals surface area contributed by atoms with Gasteiger partial charge in [0.05, 0.1) is 10.6 Å². The van der Waals surface area contributed by atoms with Gasteiger partial charge in [-0.1, -0.05) is 43.3 Å². The molecule has 0 aliphatic heterocycles. The van der Waals surface area contributed by atoms with Gasteiger partial charge in [0.2, 0.25) is 0 Å². The van der Waals surface area contributed by atoms with Crippen molar-refractivity contribution < 1.29 is 13.2 Å². The molecule has 0 fully saturated rings. The molecule has 1 amide bonds. The maximum absolute atomic E-state index is 12.8. The number of carbonyl (C=O) groups is 1. The molecule has 150 valence electrons. The topological polar surface area (TPSA) is 75.3 Å². The van der Waals surface area contributed by atoms with Crippen LogP contribution in [0.15, 0.2) is 71.6 Å². The van der Waals surface area contributed by atoms with E-state index in [-0.39, 0.29) is 10.8 Å². The van der Waals surface area contributed by atoms with Crippen LogP contribution in [0.4, 0.5) is 11.4 Å². The lowest BCUT2D eigenvalue weighted by Crippen LogP contribution is -2.16. The van der Waals surface area contributed by atoms with E-state index in [0.29, 0.717) is 16.8 Å². The highest BCUT2D eigenvalue weighted by molar-refractivity contribution is 7.92. The van der Waals surface area contributed by atoms with Crippen molar-refractivity contribution in [3.63, 3.8) is 0 Å². The Balaban J connectivity index is 1.82. The van der Waals surface area contributed by atoms with Gasteiger partial charge in [-0.05, 0) is 67.3 Å². The first-order valence-electron chi connectivity index (χ1n) is 9.40. The number of hydrogen-bond acceptors (Lipinski definition) is 3. The van der Waals surface area contributed by atoms with Gasteiger partial charge < -0.3 is 5.32 Å². The zero-order valence-electron chi connectivity index (χ0n) is 16.7. The van der Waals surface area contributed by atoms with Crippen LogP contribution in [0.3, 0.4) is 0 Å². The van der Waals surface area contributed by atoms with Gasteiger partial charge >= 0.3 is 0 Å². The van der Waals surface area contributed by atoms with Gasteiger partial charge in [-0.2, -0.15) is 0 Å². The van der Waals surface area contributed by atoms with E-state index in [9.17, 15) is 13.2 Å². The maximum Gasteiger partial charge on any atom is 0.261 e. The second-order valence-electron chi connectivity index (χ2n) is 6.86. The average Bonchev–Trinajstić information content (AvgIpc) is 2.71. The van der Waals surface area contributed by atoms with Crippen LogP contribution in [-0.4, -0.2) is 14.3 Å². The fraction of sp³-hybridized carbons (Fsp3) is 0.174. The average molecular weight is 409 g/mol. The molecule has 0 aromatic heterocycles. The molecular formula is C23H24N2O3S. The number of amides is 1. The summed E-state index contributed by atoms with van der Waals surface area (Å²) in [6.45, 7) is 5.77. The van der Waals surface area contributed by atoms with Crippen LogP contribution in [0, 0.1) is 13.8 Å². The predicted octanol–water partition coefficient (Wildman–Crippen LogP) is 4.92. The Morgan fingerprint density at radius 2 is 1.62 bits per heavy atom. The maximum atomic E-state index is 12.8. The molecule has 0 heterocycles. The molecule has 0 bridgehead atoms. The largest absolute Gasteiger partial charge is 0.321 e. The van der Waals surface area contributed by atoms with Gasteiger partial charge in [-0.3, -0.25) is 9.52 Å². The molecule has 2 N–H and O–H groups in total. The molecule has 0 spiro atoms. The molecule has 3 aromatic carbocycles. The number of anilines is 2. The summed E-state index contributed by atoms with van der Waals surface area (Å²) >= 11 is 0. The van der Waals surface area contributed by atoms with Crippen LogP contribution < -0.4 is 10.0 Å². The Morgan fingerprint density at radius 3 is 2.28 bits per heavy atom. The Bertz CT molecular complexity index is 1140. The van der Waals surface area contributed by atoms with Crippen molar-refractivity contribution in [1.29, 1.82) is 0 Å². The van der Waals surface area contributed by atoms with Gasteiger partial charge in [0.15, 0.2) is 0 Å². The Hall–Kier alpha value is -3.12. The number of benzene rings is 3. The minimum atomic E-state index is -3.68. The predicted molar refractivity (Wildman–Crippen MR) is 117 cm³/mol. The molecule has 0 saturated heterocycles. The number of aryl methyl sites for hydroxylation is 3. The summed E-state index contributed by atoms with van der Waals surface area (Å²) in [4.78, 5) is 12.9. The monoisotopic (exact) mass is 408 g/mol. The molecule has 6 heteroatoms. The lowest BCUT2D eigenvalue weighted by atomic mass is 10.0. The van der Waals surface area contributed by atoms with E-state index in [0.717, 1.165) is 23.2 Å². The van der Waals surface area contributed by atoms with Gasteiger partial charge in [-0.15, -0.1) is 0 Å². The minimum Gasteiger partial charge on any atom is -0.321 e. The first kappa shape index (κ1) is 20.6. The quantitative estimate of drug-likeness (QED) is 0.608. The van der Waals surface area contributed by atoms with Crippen LogP contribution in [0.1, 0.15) is 34.0 Å². The summed E-state index contributed by atoms with van der Waals surface area (Å²) in [5, 5.41) is 2.99. The first-order chi connectivity index (χ1) is 13.8. The normalized spacial score (nSPS) is 11.1. The summed E-state index contributed by atoms with van der Waals surface area (Å²) in [5.74, 6) is -0.227. The number of para-hydroxylation sites is 1. The van der Waals surface area contributed by atoms with Crippen molar-refractivity contribution in [3.05, 3.63) is 89.0 Å². The molecule has 0 aliphatic rings. The number of carbonyl (C=O) groups excluding carboxylic acids is 1. The smallest absolute Gasteiger partial charge is 0.261 e. The minimum absolute atomic E-state index is 0.188. The summed E-state index contributed by atoms with van der Waals surface area (Å²) in [6, 6.07) is 19.0. The Morgan fingerprint density at radius 1 is 0.897 bits per heavy atom. The van der Waals surface area contributed by atoms with Gasteiger partial charge in [-0.25, -0.2) is 8.42 Å². The van der Waals surface area contributed by atoms with E-state index in [1.54, 1.807) is 43.3 Å². The van der Waals surface area contributed by atoms with Crippen LogP contribution in [0.2, 0.25) is 0 Å². The van der Waals surface area contributed by atoms with Gasteiger partial charge in [0, 0.05) is 11.3 Å². The van der Waals surface area contributed by atoms with E-state index >= 15 is 0 Å². The van der Waals surface area contributed by atoms with E-state index in [4.69, 9.17) is 0 Å². The standard InChI is InChI=1S/C23H24N2O3S/c1-4-18-10-8-9-16(2)22(18)24-23(26)19-13-14-21(17(3)15-19)25-29(27,28)20-11-6-5-7-12-20/h5-15,25H,4H2,1-3H3,(H,24,26). The summed E-state index contributed by atoms with van der Waals surface area (Å²) < 4.78 is 27.6. The third-order valence-corrected chi connectivity index (χ3v) is 6.15. The van der Waals surface area contributed by atoms with Crippen molar-refractivity contribution in [3.8, 4) is 0 Å². The number of hydrogen-bond donors (Lipinski definition) is 2. The fourth-order valence-corrected chi connectivity index (χ4v) is 4.26. The van der Waals surface area contributed by atoms with Gasteiger partial charge in [0.1, 0.15) is 0 Å². The Labute approximate surface area is 171 Å². The molecule has 0 atom stereocenters. The van der Waals surface area contributed by atoms with Gasteiger partial charge in [0.25, 0.3) is 15.9 Å². The first-order valence-corrected chi connectivity index (χ1v) is 10.9. The molecule has 29 heavy (non-hydrogen) atoms. The van der Waals surface area contributed by atoms with Crippen LogP contribution in [-0.2, 0) is 16.4 Å².